The summed E-state index contributed by atoms with van der Waals surface area (Å²) in [6.45, 7) is 5.36. The zero-order chi connectivity index (χ0) is 14.5. The molecule has 0 bridgehead atoms. The van der Waals surface area contributed by atoms with Crippen LogP contribution in [0.25, 0.3) is 0 Å². The number of rotatable bonds is 2. The van der Waals surface area contributed by atoms with Crippen LogP contribution in [0.4, 0.5) is 4.79 Å². The van der Waals surface area contributed by atoms with E-state index in [0.29, 0.717) is 5.56 Å². The lowest BCUT2D eigenvalue weighted by molar-refractivity contribution is 0.0605. The average Bonchev–Trinajstić information content (AvgIpc) is 2.34. The van der Waals surface area contributed by atoms with Crippen LogP contribution in [0.15, 0.2) is 28.1 Å². The van der Waals surface area contributed by atoms with E-state index in [1.165, 1.54) is 18.0 Å². The lowest BCUT2D eigenvalue weighted by Crippen LogP contribution is -2.21. The van der Waals surface area contributed by atoms with Gasteiger partial charge in [-0.25, -0.2) is 4.79 Å². The molecule has 0 spiro atoms. The summed E-state index contributed by atoms with van der Waals surface area (Å²) in [4.78, 5) is 16.1. The standard InChI is InChI=1S/C14H16N2O2S/c1-14(2,3)18-13(17)16-9-11-6-5-10(8-15)7-12(11)19-4/h5-7,9H,1-4H3. The molecule has 1 rings (SSSR count). The Bertz CT molecular complexity index is 539. The highest BCUT2D eigenvalue weighted by Crippen LogP contribution is 2.20. The third-order valence-corrected chi connectivity index (χ3v) is 2.86. The first kappa shape index (κ1) is 15.3. The SMILES string of the molecule is CSc1cc(C#N)ccc1C=NC(=O)OC(C)(C)C. The van der Waals surface area contributed by atoms with E-state index in [1.807, 2.05) is 6.26 Å². The van der Waals surface area contributed by atoms with Crippen LogP contribution in [-0.2, 0) is 4.74 Å². The second-order valence-electron chi connectivity index (χ2n) is 4.81. The first-order valence-corrected chi connectivity index (χ1v) is 6.93. The molecule has 0 atom stereocenters. The van der Waals surface area contributed by atoms with E-state index in [-0.39, 0.29) is 0 Å². The van der Waals surface area contributed by atoms with E-state index < -0.39 is 11.7 Å². The Balaban J connectivity index is 2.88. The van der Waals surface area contributed by atoms with Crippen LogP contribution < -0.4 is 0 Å². The topological polar surface area (TPSA) is 62.5 Å². The highest BCUT2D eigenvalue weighted by Gasteiger charge is 2.15. The molecule has 0 radical (unpaired) electrons. The molecule has 0 saturated carbocycles. The maximum absolute atomic E-state index is 11.5. The summed E-state index contributed by atoms with van der Waals surface area (Å²) < 4.78 is 5.08. The number of hydrogen-bond donors (Lipinski definition) is 0. The van der Waals surface area contributed by atoms with Gasteiger partial charge in [0.05, 0.1) is 11.6 Å². The molecular formula is C14H16N2O2S. The van der Waals surface area contributed by atoms with Gasteiger partial charge in [0.15, 0.2) is 0 Å². The van der Waals surface area contributed by atoms with Gasteiger partial charge in [-0.2, -0.15) is 10.3 Å². The molecule has 0 aliphatic heterocycles. The molecule has 1 aromatic rings. The van der Waals surface area contributed by atoms with Gasteiger partial charge in [-0.15, -0.1) is 11.8 Å². The smallest absolute Gasteiger partial charge is 0.434 e. The van der Waals surface area contributed by atoms with Crippen molar-refractivity contribution in [3.63, 3.8) is 0 Å². The Labute approximate surface area is 117 Å². The van der Waals surface area contributed by atoms with Crippen LogP contribution >= 0.6 is 11.8 Å². The Morgan fingerprint density at radius 3 is 2.68 bits per heavy atom. The summed E-state index contributed by atoms with van der Waals surface area (Å²) in [6.07, 6.45) is 2.74. The van der Waals surface area contributed by atoms with E-state index >= 15 is 0 Å². The lowest BCUT2D eigenvalue weighted by atomic mass is 10.1. The second kappa shape index (κ2) is 6.39. The normalized spacial score (nSPS) is 11.3. The van der Waals surface area contributed by atoms with E-state index in [4.69, 9.17) is 10.00 Å². The van der Waals surface area contributed by atoms with Crippen LogP contribution in [0.5, 0.6) is 0 Å². The maximum atomic E-state index is 11.5. The van der Waals surface area contributed by atoms with Gasteiger partial charge >= 0.3 is 6.09 Å². The van der Waals surface area contributed by atoms with Crippen molar-refractivity contribution in [2.75, 3.05) is 6.26 Å². The molecule has 4 nitrogen and oxygen atoms in total. The van der Waals surface area contributed by atoms with Crippen LogP contribution in [-0.4, -0.2) is 24.2 Å². The van der Waals surface area contributed by atoms with Crippen molar-refractivity contribution in [1.82, 2.24) is 0 Å². The van der Waals surface area contributed by atoms with Crippen molar-refractivity contribution >= 4 is 24.1 Å². The van der Waals surface area contributed by atoms with Gasteiger partial charge in [0, 0.05) is 16.7 Å². The van der Waals surface area contributed by atoms with E-state index in [2.05, 4.69) is 11.1 Å². The fourth-order valence-electron chi connectivity index (χ4n) is 1.30. The lowest BCUT2D eigenvalue weighted by Gasteiger charge is -2.17. The molecule has 0 unspecified atom stereocenters. The number of nitrogens with zero attached hydrogens (tertiary/aromatic N) is 2. The molecule has 0 aliphatic carbocycles. The number of benzene rings is 1. The minimum absolute atomic E-state index is 0.554. The molecule has 0 N–H and O–H groups in total. The summed E-state index contributed by atoms with van der Waals surface area (Å²) in [5.41, 5.74) is 0.817. The number of ether oxygens (including phenoxy) is 1. The van der Waals surface area contributed by atoms with E-state index in [0.717, 1.165) is 10.5 Å². The van der Waals surface area contributed by atoms with E-state index in [1.54, 1.807) is 39.0 Å². The number of nitriles is 1. The second-order valence-corrected chi connectivity index (χ2v) is 5.66. The quantitative estimate of drug-likeness (QED) is 0.611. The van der Waals surface area contributed by atoms with Crippen molar-refractivity contribution < 1.29 is 9.53 Å². The van der Waals surface area contributed by atoms with Crippen molar-refractivity contribution in [2.45, 2.75) is 31.3 Å². The summed E-state index contributed by atoms with van der Waals surface area (Å²) >= 11 is 1.50. The molecule has 0 fully saturated rings. The van der Waals surface area contributed by atoms with Gasteiger partial charge in [0.1, 0.15) is 5.60 Å². The molecule has 5 heteroatoms. The number of thioether (sulfide) groups is 1. The van der Waals surface area contributed by atoms with Crippen molar-refractivity contribution in [2.24, 2.45) is 4.99 Å². The van der Waals surface area contributed by atoms with Crippen molar-refractivity contribution in [3.05, 3.63) is 29.3 Å². The van der Waals surface area contributed by atoms with Crippen molar-refractivity contribution in [1.29, 1.82) is 5.26 Å². The first-order valence-electron chi connectivity index (χ1n) is 5.71. The van der Waals surface area contributed by atoms with Crippen molar-refractivity contribution in [3.8, 4) is 6.07 Å². The molecule has 0 saturated heterocycles. The summed E-state index contributed by atoms with van der Waals surface area (Å²) in [5.74, 6) is 0. The number of amides is 1. The maximum Gasteiger partial charge on any atom is 0.434 e. The van der Waals surface area contributed by atoms with Gasteiger partial charge in [-0.3, -0.25) is 0 Å². The average molecular weight is 276 g/mol. The van der Waals surface area contributed by atoms with Gasteiger partial charge < -0.3 is 4.74 Å². The Morgan fingerprint density at radius 1 is 1.47 bits per heavy atom. The first-order chi connectivity index (χ1) is 8.85. The Hall–Kier alpha value is -1.80. The molecule has 1 amide bonds. The molecule has 0 aliphatic rings. The zero-order valence-electron chi connectivity index (χ0n) is 11.4. The summed E-state index contributed by atoms with van der Waals surface area (Å²) in [5, 5.41) is 8.83. The Morgan fingerprint density at radius 2 is 2.16 bits per heavy atom. The van der Waals surface area contributed by atoms with Gasteiger partial charge in [0.2, 0.25) is 0 Å². The molecule has 0 heterocycles. The van der Waals surface area contributed by atoms with E-state index in [9.17, 15) is 4.79 Å². The minimum Gasteiger partial charge on any atom is -0.442 e. The molecule has 0 aromatic heterocycles. The van der Waals surface area contributed by atoms with Gasteiger partial charge in [-0.05, 0) is 39.2 Å². The minimum atomic E-state index is -0.621. The predicted octanol–water partition coefficient (Wildman–Crippen LogP) is 3.63. The number of carbonyl (C=O) groups excluding carboxylic acids is 1. The monoisotopic (exact) mass is 276 g/mol. The van der Waals surface area contributed by atoms with Crippen LogP contribution in [0, 0.1) is 11.3 Å². The molecule has 100 valence electrons. The fraction of sp³-hybridized carbons (Fsp3) is 0.357. The fourth-order valence-corrected chi connectivity index (χ4v) is 1.90. The molecular weight excluding hydrogens is 260 g/mol. The zero-order valence-corrected chi connectivity index (χ0v) is 12.2. The third-order valence-electron chi connectivity index (χ3n) is 2.07. The number of hydrogen-bond acceptors (Lipinski definition) is 4. The number of aliphatic imine (C=N–C) groups is 1. The van der Waals surface area contributed by atoms with Gasteiger partial charge in [0.25, 0.3) is 0 Å². The molecule has 1 aromatic carbocycles. The third kappa shape index (κ3) is 5.14. The Kier molecular flexibility index (Phi) is 5.13. The van der Waals surface area contributed by atoms with Crippen LogP contribution in [0.3, 0.4) is 0 Å². The van der Waals surface area contributed by atoms with Crippen LogP contribution in [0.1, 0.15) is 31.9 Å². The van der Waals surface area contributed by atoms with Crippen LogP contribution in [0.2, 0.25) is 0 Å². The molecule has 19 heavy (non-hydrogen) atoms. The van der Waals surface area contributed by atoms with Gasteiger partial charge in [-0.1, -0.05) is 6.07 Å². The summed E-state index contributed by atoms with van der Waals surface area (Å²) in [6, 6.07) is 7.29. The highest BCUT2D eigenvalue weighted by atomic mass is 32.2. The summed E-state index contributed by atoms with van der Waals surface area (Å²) in [7, 11) is 0. The predicted molar refractivity (Wildman–Crippen MR) is 76.8 cm³/mol. The number of carbonyl (C=O) groups is 1. The largest absolute Gasteiger partial charge is 0.442 e. The highest BCUT2D eigenvalue weighted by molar-refractivity contribution is 7.98.